The molecule has 112 valence electrons. The van der Waals surface area contributed by atoms with Crippen LogP contribution in [-0.4, -0.2) is 29.4 Å². The van der Waals surface area contributed by atoms with Gasteiger partial charge in [-0.25, -0.2) is 0 Å². The zero-order valence-corrected chi connectivity index (χ0v) is 13.1. The lowest BCUT2D eigenvalue weighted by Crippen LogP contribution is -2.47. The predicted molar refractivity (Wildman–Crippen MR) is 86.1 cm³/mol. The molecule has 21 heavy (non-hydrogen) atoms. The Morgan fingerprint density at radius 1 is 1.33 bits per heavy atom. The Morgan fingerprint density at radius 2 is 2.00 bits per heavy atom. The average molecular weight is 284 g/mol. The molecule has 1 heterocycles. The fourth-order valence-electron chi connectivity index (χ4n) is 3.04. The normalized spacial score (nSPS) is 21.6. The number of hydrogen-bond donors (Lipinski definition) is 1. The summed E-state index contributed by atoms with van der Waals surface area (Å²) in [6, 6.07) is 6.41. The summed E-state index contributed by atoms with van der Waals surface area (Å²) < 4.78 is 0. The Kier molecular flexibility index (Phi) is 5.03. The Hall–Kier alpha value is -1.79. The van der Waals surface area contributed by atoms with Gasteiger partial charge in [0.05, 0.1) is 6.54 Å². The molecule has 2 rings (SSSR count). The van der Waals surface area contributed by atoms with Crippen LogP contribution in [0.4, 0.5) is 0 Å². The molecule has 1 saturated heterocycles. The second-order valence-electron chi connectivity index (χ2n) is 5.88. The lowest BCUT2D eigenvalue weighted by atomic mass is 9.95. The van der Waals surface area contributed by atoms with Gasteiger partial charge in [0.15, 0.2) is 0 Å². The molecular formula is C18H24N2O. The molecule has 2 unspecified atom stereocenters. The summed E-state index contributed by atoms with van der Waals surface area (Å²) in [5.74, 6) is 5.97. The van der Waals surface area contributed by atoms with Crippen molar-refractivity contribution < 1.29 is 4.79 Å². The van der Waals surface area contributed by atoms with E-state index in [-0.39, 0.29) is 5.91 Å². The molecule has 1 aliphatic heterocycles. The van der Waals surface area contributed by atoms with Crippen LogP contribution in [0.3, 0.4) is 0 Å². The van der Waals surface area contributed by atoms with E-state index in [0.717, 1.165) is 29.5 Å². The monoisotopic (exact) mass is 284 g/mol. The van der Waals surface area contributed by atoms with Crippen LogP contribution in [0.25, 0.3) is 0 Å². The molecule has 3 heteroatoms. The van der Waals surface area contributed by atoms with Crippen molar-refractivity contribution in [2.24, 2.45) is 5.73 Å². The maximum Gasteiger partial charge on any atom is 0.254 e. The second kappa shape index (κ2) is 6.78. The first kappa shape index (κ1) is 15.6. The first-order chi connectivity index (χ1) is 10.0. The molecule has 1 aliphatic rings. The van der Waals surface area contributed by atoms with Crippen LogP contribution in [0.1, 0.15) is 54.6 Å². The fraction of sp³-hybridized carbons (Fsp3) is 0.500. The summed E-state index contributed by atoms with van der Waals surface area (Å²) in [5.41, 5.74) is 8.03. The van der Waals surface area contributed by atoms with Gasteiger partial charge in [0.25, 0.3) is 5.91 Å². The number of piperidine rings is 1. The summed E-state index contributed by atoms with van der Waals surface area (Å²) in [4.78, 5) is 15.0. The molecule has 2 atom stereocenters. The molecule has 0 saturated carbocycles. The van der Waals surface area contributed by atoms with E-state index < -0.39 is 0 Å². The van der Waals surface area contributed by atoms with Crippen molar-refractivity contribution in [3.63, 3.8) is 0 Å². The van der Waals surface area contributed by atoms with Gasteiger partial charge in [0.1, 0.15) is 0 Å². The van der Waals surface area contributed by atoms with E-state index in [1.165, 1.54) is 6.42 Å². The molecule has 0 radical (unpaired) electrons. The molecule has 0 aromatic heterocycles. The molecule has 1 fully saturated rings. The number of aryl methyl sites for hydroxylation is 1. The summed E-state index contributed by atoms with van der Waals surface area (Å²) in [6.45, 7) is 6.59. The lowest BCUT2D eigenvalue weighted by molar-refractivity contribution is 0.0510. The number of rotatable bonds is 1. The Bertz CT molecular complexity index is 573. The standard InChI is InChI=1S/C18H24N2O/c1-13-9-10-16(8-5-11-19)12-17(13)18(21)20-14(2)6-4-7-15(20)3/h9-10,12,14-15H,4,6-7,11,19H2,1-3H3. The minimum absolute atomic E-state index is 0.128. The number of carbonyl (C=O) groups is 1. The highest BCUT2D eigenvalue weighted by Crippen LogP contribution is 2.25. The summed E-state index contributed by atoms with van der Waals surface area (Å²) in [6.07, 6.45) is 3.37. The summed E-state index contributed by atoms with van der Waals surface area (Å²) in [5, 5.41) is 0. The molecule has 3 nitrogen and oxygen atoms in total. The Morgan fingerprint density at radius 3 is 2.62 bits per heavy atom. The van der Waals surface area contributed by atoms with Crippen molar-refractivity contribution in [3.8, 4) is 11.8 Å². The highest BCUT2D eigenvalue weighted by molar-refractivity contribution is 5.96. The minimum atomic E-state index is 0.128. The van der Waals surface area contributed by atoms with E-state index in [9.17, 15) is 4.79 Å². The van der Waals surface area contributed by atoms with Gasteiger partial charge in [-0.05, 0) is 57.7 Å². The maximum absolute atomic E-state index is 12.9. The highest BCUT2D eigenvalue weighted by atomic mass is 16.2. The van der Waals surface area contributed by atoms with Gasteiger partial charge in [-0.1, -0.05) is 17.9 Å². The number of amides is 1. The van der Waals surface area contributed by atoms with Crippen LogP contribution in [0.15, 0.2) is 18.2 Å². The fourth-order valence-corrected chi connectivity index (χ4v) is 3.04. The van der Waals surface area contributed by atoms with E-state index in [4.69, 9.17) is 5.73 Å². The maximum atomic E-state index is 12.9. The van der Waals surface area contributed by atoms with Crippen LogP contribution in [0.5, 0.6) is 0 Å². The third kappa shape index (κ3) is 3.46. The minimum Gasteiger partial charge on any atom is -0.333 e. The van der Waals surface area contributed by atoms with Gasteiger partial charge in [-0.2, -0.15) is 0 Å². The zero-order chi connectivity index (χ0) is 15.4. The molecule has 1 aromatic carbocycles. The van der Waals surface area contributed by atoms with Crippen molar-refractivity contribution in [1.82, 2.24) is 4.90 Å². The number of likely N-dealkylation sites (tertiary alicyclic amines) is 1. The molecule has 0 aliphatic carbocycles. The third-order valence-corrected chi connectivity index (χ3v) is 4.23. The van der Waals surface area contributed by atoms with Gasteiger partial charge in [-0.3, -0.25) is 4.79 Å². The van der Waals surface area contributed by atoms with Crippen LogP contribution in [-0.2, 0) is 0 Å². The molecule has 0 bridgehead atoms. The molecule has 1 aromatic rings. The average Bonchev–Trinajstić information content (AvgIpc) is 2.46. The van der Waals surface area contributed by atoms with Gasteiger partial charge in [0, 0.05) is 23.2 Å². The van der Waals surface area contributed by atoms with Crippen LogP contribution in [0, 0.1) is 18.8 Å². The Balaban J connectivity index is 2.33. The number of hydrogen-bond acceptors (Lipinski definition) is 2. The molecule has 1 amide bonds. The van der Waals surface area contributed by atoms with Crippen molar-refractivity contribution in [2.45, 2.75) is 52.1 Å². The van der Waals surface area contributed by atoms with Crippen molar-refractivity contribution in [1.29, 1.82) is 0 Å². The van der Waals surface area contributed by atoms with Gasteiger partial charge in [-0.15, -0.1) is 0 Å². The molecule has 0 spiro atoms. The number of benzene rings is 1. The van der Waals surface area contributed by atoms with Crippen molar-refractivity contribution in [3.05, 3.63) is 34.9 Å². The van der Waals surface area contributed by atoms with Gasteiger partial charge < -0.3 is 10.6 Å². The van der Waals surface area contributed by atoms with Crippen molar-refractivity contribution >= 4 is 5.91 Å². The number of carbonyl (C=O) groups excluding carboxylic acids is 1. The molecular weight excluding hydrogens is 260 g/mol. The smallest absolute Gasteiger partial charge is 0.254 e. The second-order valence-corrected chi connectivity index (χ2v) is 5.88. The summed E-state index contributed by atoms with van der Waals surface area (Å²) in [7, 11) is 0. The van der Waals surface area contributed by atoms with E-state index in [2.05, 4.69) is 25.7 Å². The van der Waals surface area contributed by atoms with Crippen LogP contribution in [0.2, 0.25) is 0 Å². The van der Waals surface area contributed by atoms with Crippen LogP contribution < -0.4 is 5.73 Å². The van der Waals surface area contributed by atoms with Crippen molar-refractivity contribution in [2.75, 3.05) is 6.54 Å². The molecule has 2 N–H and O–H groups in total. The largest absolute Gasteiger partial charge is 0.333 e. The quantitative estimate of drug-likeness (QED) is 0.806. The van der Waals surface area contributed by atoms with Gasteiger partial charge in [0.2, 0.25) is 0 Å². The first-order valence-electron chi connectivity index (χ1n) is 7.67. The predicted octanol–water partition coefficient (Wildman–Crippen LogP) is 2.71. The SMILES string of the molecule is Cc1ccc(C#CCN)cc1C(=O)N1C(C)CCCC1C. The zero-order valence-electron chi connectivity index (χ0n) is 13.1. The van der Waals surface area contributed by atoms with Crippen LogP contribution >= 0.6 is 0 Å². The third-order valence-electron chi connectivity index (χ3n) is 4.23. The van der Waals surface area contributed by atoms with E-state index in [0.29, 0.717) is 18.6 Å². The number of nitrogens with two attached hydrogens (primary N) is 1. The summed E-state index contributed by atoms with van der Waals surface area (Å²) >= 11 is 0. The van der Waals surface area contributed by atoms with Gasteiger partial charge >= 0.3 is 0 Å². The Labute approximate surface area is 127 Å². The van der Waals surface area contributed by atoms with E-state index in [1.807, 2.05) is 30.0 Å². The van der Waals surface area contributed by atoms with E-state index >= 15 is 0 Å². The first-order valence-corrected chi connectivity index (χ1v) is 7.67. The van der Waals surface area contributed by atoms with E-state index in [1.54, 1.807) is 0 Å². The topological polar surface area (TPSA) is 46.3 Å². The number of nitrogens with zero attached hydrogens (tertiary/aromatic N) is 1. The highest BCUT2D eigenvalue weighted by Gasteiger charge is 2.30. The lowest BCUT2D eigenvalue weighted by Gasteiger charge is -2.39.